The number of esters is 1. The molecule has 0 aliphatic carbocycles. The summed E-state index contributed by atoms with van der Waals surface area (Å²) in [6.45, 7) is 3.57. The van der Waals surface area contributed by atoms with E-state index in [1.165, 1.54) is 0 Å². The fourth-order valence-electron chi connectivity index (χ4n) is 1.65. The SMILES string of the molecule is CCOC(=O)C1CNCc2[nH]cnc21. The largest absolute Gasteiger partial charge is 0.465 e. The molecule has 0 aromatic carbocycles. The van der Waals surface area contributed by atoms with Gasteiger partial charge < -0.3 is 15.0 Å². The minimum absolute atomic E-state index is 0.201. The standard InChI is InChI=1S/C9H13N3O2/c1-2-14-9(13)6-3-10-4-7-8(6)12-5-11-7/h5-6,10H,2-4H2,1H3,(H,11,12). The Morgan fingerprint density at radius 2 is 2.64 bits per heavy atom. The van der Waals surface area contributed by atoms with Crippen molar-refractivity contribution in [2.24, 2.45) is 0 Å². The Kier molecular flexibility index (Phi) is 2.49. The molecule has 1 aromatic rings. The summed E-state index contributed by atoms with van der Waals surface area (Å²) in [7, 11) is 0. The lowest BCUT2D eigenvalue weighted by Gasteiger charge is -2.20. The van der Waals surface area contributed by atoms with Gasteiger partial charge in [0, 0.05) is 13.1 Å². The molecular weight excluding hydrogens is 182 g/mol. The van der Waals surface area contributed by atoms with E-state index in [1.807, 2.05) is 0 Å². The number of hydrogen-bond donors (Lipinski definition) is 2. The summed E-state index contributed by atoms with van der Waals surface area (Å²) in [4.78, 5) is 18.7. The lowest BCUT2D eigenvalue weighted by atomic mass is 10.0. The van der Waals surface area contributed by atoms with Crippen molar-refractivity contribution in [3.63, 3.8) is 0 Å². The number of carbonyl (C=O) groups excluding carboxylic acids is 1. The van der Waals surface area contributed by atoms with E-state index in [2.05, 4.69) is 15.3 Å². The average Bonchev–Trinajstić information content (AvgIpc) is 2.65. The van der Waals surface area contributed by atoms with Crippen molar-refractivity contribution >= 4 is 5.97 Å². The molecular formula is C9H13N3O2. The number of hydrogen-bond acceptors (Lipinski definition) is 4. The smallest absolute Gasteiger partial charge is 0.316 e. The quantitative estimate of drug-likeness (QED) is 0.660. The van der Waals surface area contributed by atoms with E-state index in [0.717, 1.165) is 17.9 Å². The summed E-state index contributed by atoms with van der Waals surface area (Å²) in [5, 5.41) is 3.14. The summed E-state index contributed by atoms with van der Waals surface area (Å²) in [5.74, 6) is -0.460. The number of nitrogens with one attached hydrogen (secondary N) is 2. The molecule has 5 heteroatoms. The summed E-state index contributed by atoms with van der Waals surface area (Å²) in [6, 6.07) is 0. The van der Waals surface area contributed by atoms with E-state index in [-0.39, 0.29) is 11.9 Å². The highest BCUT2D eigenvalue weighted by Crippen LogP contribution is 2.21. The molecule has 76 valence electrons. The number of H-pyrrole nitrogens is 1. The summed E-state index contributed by atoms with van der Waals surface area (Å²) in [5.41, 5.74) is 1.80. The molecule has 0 amide bonds. The number of aromatic nitrogens is 2. The molecule has 0 bridgehead atoms. The second-order valence-electron chi connectivity index (χ2n) is 3.20. The van der Waals surface area contributed by atoms with E-state index < -0.39 is 0 Å². The van der Waals surface area contributed by atoms with Crippen LogP contribution in [0.2, 0.25) is 0 Å². The normalized spacial score (nSPS) is 20.2. The van der Waals surface area contributed by atoms with Gasteiger partial charge in [-0.1, -0.05) is 0 Å². The van der Waals surface area contributed by atoms with Gasteiger partial charge in [0.1, 0.15) is 5.92 Å². The number of ether oxygens (including phenoxy) is 1. The number of carbonyl (C=O) groups is 1. The molecule has 1 aliphatic rings. The topological polar surface area (TPSA) is 67.0 Å². The maximum absolute atomic E-state index is 11.5. The van der Waals surface area contributed by atoms with Gasteiger partial charge in [-0.2, -0.15) is 0 Å². The molecule has 1 aromatic heterocycles. The van der Waals surface area contributed by atoms with E-state index in [1.54, 1.807) is 13.3 Å². The zero-order valence-corrected chi connectivity index (χ0v) is 8.04. The Morgan fingerprint density at radius 1 is 1.79 bits per heavy atom. The van der Waals surface area contributed by atoms with E-state index >= 15 is 0 Å². The molecule has 1 aliphatic heterocycles. The Labute approximate surface area is 81.9 Å². The molecule has 14 heavy (non-hydrogen) atoms. The minimum Gasteiger partial charge on any atom is -0.465 e. The predicted octanol–water partition coefficient (Wildman–Crippen LogP) is 0.160. The Morgan fingerprint density at radius 3 is 3.43 bits per heavy atom. The van der Waals surface area contributed by atoms with Crippen LogP contribution in [-0.2, 0) is 16.1 Å². The van der Waals surface area contributed by atoms with Crippen molar-refractivity contribution in [3.05, 3.63) is 17.7 Å². The van der Waals surface area contributed by atoms with Crippen LogP contribution in [0.4, 0.5) is 0 Å². The fraction of sp³-hybridized carbons (Fsp3) is 0.556. The van der Waals surface area contributed by atoms with E-state index in [9.17, 15) is 4.79 Å². The zero-order chi connectivity index (χ0) is 9.97. The van der Waals surface area contributed by atoms with Crippen molar-refractivity contribution in [1.29, 1.82) is 0 Å². The molecule has 0 saturated heterocycles. The predicted molar refractivity (Wildman–Crippen MR) is 49.7 cm³/mol. The first-order valence-corrected chi connectivity index (χ1v) is 4.72. The Hall–Kier alpha value is -1.36. The molecule has 0 saturated carbocycles. The van der Waals surface area contributed by atoms with Crippen LogP contribution in [0.5, 0.6) is 0 Å². The van der Waals surface area contributed by atoms with Crippen LogP contribution in [0.3, 0.4) is 0 Å². The second-order valence-corrected chi connectivity index (χ2v) is 3.20. The van der Waals surface area contributed by atoms with Crippen molar-refractivity contribution in [1.82, 2.24) is 15.3 Å². The highest BCUT2D eigenvalue weighted by Gasteiger charge is 2.29. The second kappa shape index (κ2) is 3.79. The number of nitrogens with zero attached hydrogens (tertiary/aromatic N) is 1. The summed E-state index contributed by atoms with van der Waals surface area (Å²) < 4.78 is 4.97. The molecule has 2 heterocycles. The van der Waals surface area contributed by atoms with Gasteiger partial charge in [-0.05, 0) is 6.92 Å². The fourth-order valence-corrected chi connectivity index (χ4v) is 1.65. The van der Waals surface area contributed by atoms with Gasteiger partial charge in [-0.3, -0.25) is 4.79 Å². The van der Waals surface area contributed by atoms with Crippen LogP contribution in [0.1, 0.15) is 24.2 Å². The van der Waals surface area contributed by atoms with Crippen LogP contribution in [0, 0.1) is 0 Å². The van der Waals surface area contributed by atoms with Crippen molar-refractivity contribution in [3.8, 4) is 0 Å². The third-order valence-corrected chi connectivity index (χ3v) is 2.30. The lowest BCUT2D eigenvalue weighted by molar-refractivity contribution is -0.145. The van der Waals surface area contributed by atoms with Crippen molar-refractivity contribution < 1.29 is 9.53 Å². The number of fused-ring (bicyclic) bond motifs is 1. The molecule has 2 N–H and O–H groups in total. The minimum atomic E-state index is -0.259. The molecule has 1 atom stereocenters. The molecule has 1 unspecified atom stereocenters. The first-order chi connectivity index (χ1) is 6.83. The molecule has 2 rings (SSSR count). The molecule has 0 radical (unpaired) electrons. The van der Waals surface area contributed by atoms with Crippen LogP contribution in [0.15, 0.2) is 6.33 Å². The van der Waals surface area contributed by atoms with Crippen LogP contribution in [-0.4, -0.2) is 29.1 Å². The Balaban J connectivity index is 2.19. The number of imidazole rings is 1. The third-order valence-electron chi connectivity index (χ3n) is 2.30. The highest BCUT2D eigenvalue weighted by atomic mass is 16.5. The lowest BCUT2D eigenvalue weighted by Crippen LogP contribution is -2.33. The maximum Gasteiger partial charge on any atom is 0.316 e. The third kappa shape index (κ3) is 1.50. The average molecular weight is 195 g/mol. The first-order valence-electron chi connectivity index (χ1n) is 4.72. The van der Waals surface area contributed by atoms with Crippen LogP contribution >= 0.6 is 0 Å². The van der Waals surface area contributed by atoms with E-state index in [0.29, 0.717) is 13.2 Å². The van der Waals surface area contributed by atoms with E-state index in [4.69, 9.17) is 4.74 Å². The van der Waals surface area contributed by atoms with Gasteiger partial charge in [-0.25, -0.2) is 4.98 Å². The first kappa shape index (κ1) is 9.21. The highest BCUT2D eigenvalue weighted by molar-refractivity contribution is 5.78. The van der Waals surface area contributed by atoms with Gasteiger partial charge in [0.05, 0.1) is 24.3 Å². The Bertz CT molecular complexity index is 335. The van der Waals surface area contributed by atoms with Gasteiger partial charge in [0.15, 0.2) is 0 Å². The van der Waals surface area contributed by atoms with Gasteiger partial charge in [-0.15, -0.1) is 0 Å². The number of aromatic amines is 1. The molecule has 0 fully saturated rings. The molecule has 0 spiro atoms. The van der Waals surface area contributed by atoms with Crippen LogP contribution < -0.4 is 5.32 Å². The monoisotopic (exact) mass is 195 g/mol. The van der Waals surface area contributed by atoms with Crippen molar-refractivity contribution in [2.45, 2.75) is 19.4 Å². The number of rotatable bonds is 2. The summed E-state index contributed by atoms with van der Waals surface area (Å²) in [6.07, 6.45) is 1.61. The zero-order valence-electron chi connectivity index (χ0n) is 8.04. The molecule has 5 nitrogen and oxygen atoms in total. The van der Waals surface area contributed by atoms with Gasteiger partial charge >= 0.3 is 5.97 Å². The maximum atomic E-state index is 11.5. The van der Waals surface area contributed by atoms with Gasteiger partial charge in [0.25, 0.3) is 0 Å². The van der Waals surface area contributed by atoms with Crippen LogP contribution in [0.25, 0.3) is 0 Å². The summed E-state index contributed by atoms with van der Waals surface area (Å²) >= 11 is 0. The van der Waals surface area contributed by atoms with Crippen molar-refractivity contribution in [2.75, 3.05) is 13.2 Å². The van der Waals surface area contributed by atoms with Gasteiger partial charge in [0.2, 0.25) is 0 Å².